The summed E-state index contributed by atoms with van der Waals surface area (Å²) in [4.78, 5) is 14.7. The van der Waals surface area contributed by atoms with Gasteiger partial charge in [-0.15, -0.1) is 0 Å². The number of carbonyl (C=O) groups excluding carboxylic acids is 1. The molecule has 1 aromatic heterocycles. The third-order valence-electron chi connectivity index (χ3n) is 5.15. The van der Waals surface area contributed by atoms with Gasteiger partial charge in [-0.3, -0.25) is 9.69 Å². The highest BCUT2D eigenvalue weighted by Crippen LogP contribution is 2.40. The maximum atomic E-state index is 12.7. The number of ether oxygens (including phenoxy) is 1. The second-order valence-electron chi connectivity index (χ2n) is 7.94. The number of nitrogens with zero attached hydrogens (tertiary/aromatic N) is 3. The number of likely N-dealkylation sites (N-methyl/N-ethyl adjacent to an activating group) is 1. The number of para-hydroxylation sites is 1. The van der Waals surface area contributed by atoms with Crippen LogP contribution in [0.1, 0.15) is 30.0 Å². The molecule has 1 heterocycles. The van der Waals surface area contributed by atoms with Crippen molar-refractivity contribution in [2.24, 2.45) is 0 Å². The maximum Gasteiger partial charge on any atom is 0.239 e. The molecule has 1 amide bonds. The zero-order valence-corrected chi connectivity index (χ0v) is 17.8. The first-order chi connectivity index (χ1) is 15.1. The minimum Gasteiger partial charge on any atom is -0.490 e. The van der Waals surface area contributed by atoms with Crippen molar-refractivity contribution < 1.29 is 9.53 Å². The van der Waals surface area contributed by atoms with E-state index in [1.165, 1.54) is 12.8 Å². The number of benzene rings is 2. The summed E-state index contributed by atoms with van der Waals surface area (Å²) in [7, 11) is 1.94. The number of anilines is 1. The van der Waals surface area contributed by atoms with Crippen molar-refractivity contribution in [2.45, 2.75) is 25.3 Å². The standard InChI is InChI=1S/C25H28N4O2/c1-3-15-31-22-13-9-19(10-14-22)17-28(2)18-25(30)26-24-16-23(20-11-12-20)27-29(24)21-7-5-4-6-8-21/h3-10,13-14,16,20H,1,11-12,15,17-18H2,2H3,(H,26,30). The van der Waals surface area contributed by atoms with Gasteiger partial charge < -0.3 is 10.1 Å². The monoisotopic (exact) mass is 416 g/mol. The summed E-state index contributed by atoms with van der Waals surface area (Å²) in [5.41, 5.74) is 3.11. The van der Waals surface area contributed by atoms with Gasteiger partial charge in [0.1, 0.15) is 18.2 Å². The van der Waals surface area contributed by atoms with Crippen LogP contribution in [0, 0.1) is 0 Å². The average molecular weight is 417 g/mol. The van der Waals surface area contributed by atoms with Gasteiger partial charge in [-0.2, -0.15) is 5.10 Å². The van der Waals surface area contributed by atoms with Crippen molar-refractivity contribution in [3.05, 3.63) is 84.6 Å². The summed E-state index contributed by atoms with van der Waals surface area (Å²) in [6, 6.07) is 19.8. The lowest BCUT2D eigenvalue weighted by molar-refractivity contribution is -0.117. The Morgan fingerprint density at radius 2 is 1.97 bits per heavy atom. The van der Waals surface area contributed by atoms with E-state index in [1.807, 2.05) is 77.3 Å². The van der Waals surface area contributed by atoms with E-state index in [9.17, 15) is 4.79 Å². The van der Waals surface area contributed by atoms with Crippen molar-refractivity contribution in [3.63, 3.8) is 0 Å². The number of amides is 1. The van der Waals surface area contributed by atoms with Gasteiger partial charge in [-0.1, -0.05) is 43.0 Å². The number of rotatable bonds is 10. The summed E-state index contributed by atoms with van der Waals surface area (Å²) in [6.45, 7) is 5.09. The molecule has 4 rings (SSSR count). The first kappa shape index (κ1) is 20.9. The number of hydrogen-bond acceptors (Lipinski definition) is 4. The summed E-state index contributed by atoms with van der Waals surface area (Å²) in [6.07, 6.45) is 4.05. The Balaban J connectivity index is 1.37. The summed E-state index contributed by atoms with van der Waals surface area (Å²) < 4.78 is 7.34. The number of aromatic nitrogens is 2. The van der Waals surface area contributed by atoms with Crippen LogP contribution < -0.4 is 10.1 Å². The van der Waals surface area contributed by atoms with Gasteiger partial charge in [-0.25, -0.2) is 4.68 Å². The quantitative estimate of drug-likeness (QED) is 0.498. The van der Waals surface area contributed by atoms with Crippen LogP contribution in [0.2, 0.25) is 0 Å². The van der Waals surface area contributed by atoms with Gasteiger partial charge in [0.25, 0.3) is 0 Å². The highest BCUT2D eigenvalue weighted by molar-refractivity contribution is 5.91. The van der Waals surface area contributed by atoms with Crippen LogP contribution >= 0.6 is 0 Å². The summed E-state index contributed by atoms with van der Waals surface area (Å²) >= 11 is 0. The van der Waals surface area contributed by atoms with Crippen LogP contribution in [0.25, 0.3) is 5.69 Å². The molecule has 6 heteroatoms. The SMILES string of the molecule is C=CCOc1ccc(CN(C)CC(=O)Nc2cc(C3CC3)nn2-c2ccccc2)cc1. The molecule has 0 bridgehead atoms. The first-order valence-corrected chi connectivity index (χ1v) is 10.6. The van der Waals surface area contributed by atoms with Crippen molar-refractivity contribution in [1.82, 2.24) is 14.7 Å². The van der Waals surface area contributed by atoms with E-state index in [0.717, 1.165) is 28.5 Å². The number of hydrogen-bond donors (Lipinski definition) is 1. The lowest BCUT2D eigenvalue weighted by atomic mass is 10.2. The van der Waals surface area contributed by atoms with Crippen molar-refractivity contribution in [1.29, 1.82) is 0 Å². The third kappa shape index (κ3) is 5.61. The van der Waals surface area contributed by atoms with Crippen LogP contribution in [0.15, 0.2) is 73.3 Å². The predicted octanol–water partition coefficient (Wildman–Crippen LogP) is 4.39. The van der Waals surface area contributed by atoms with Crippen LogP contribution in [0.5, 0.6) is 5.75 Å². The Kier molecular flexibility index (Phi) is 6.48. The van der Waals surface area contributed by atoms with Gasteiger partial charge in [0.05, 0.1) is 17.9 Å². The molecule has 0 saturated heterocycles. The predicted molar refractivity (Wildman–Crippen MR) is 123 cm³/mol. The van der Waals surface area contributed by atoms with E-state index in [1.54, 1.807) is 6.08 Å². The van der Waals surface area contributed by atoms with E-state index >= 15 is 0 Å². The van der Waals surface area contributed by atoms with Gasteiger partial charge in [0, 0.05) is 18.5 Å². The highest BCUT2D eigenvalue weighted by Gasteiger charge is 2.28. The van der Waals surface area contributed by atoms with E-state index in [-0.39, 0.29) is 12.5 Å². The zero-order chi connectivity index (χ0) is 21.6. The molecule has 1 aliphatic rings. The Bertz CT molecular complexity index is 1020. The van der Waals surface area contributed by atoms with Crippen LogP contribution in [0.3, 0.4) is 0 Å². The Hall–Kier alpha value is -3.38. The van der Waals surface area contributed by atoms with E-state index in [4.69, 9.17) is 9.84 Å². The van der Waals surface area contributed by atoms with Gasteiger partial charge in [0.15, 0.2) is 0 Å². The van der Waals surface area contributed by atoms with Crippen molar-refractivity contribution in [2.75, 3.05) is 25.5 Å². The van der Waals surface area contributed by atoms with Gasteiger partial charge >= 0.3 is 0 Å². The normalized spacial score (nSPS) is 13.2. The summed E-state index contributed by atoms with van der Waals surface area (Å²) in [5, 5.41) is 7.79. The molecule has 1 aliphatic carbocycles. The topological polar surface area (TPSA) is 59.4 Å². The fourth-order valence-electron chi connectivity index (χ4n) is 3.47. The molecule has 1 N–H and O–H groups in total. The fraction of sp³-hybridized carbons (Fsp3) is 0.280. The molecule has 0 spiro atoms. The van der Waals surface area contributed by atoms with Crippen LogP contribution in [-0.2, 0) is 11.3 Å². The zero-order valence-electron chi connectivity index (χ0n) is 17.8. The molecule has 3 aromatic rings. The third-order valence-corrected chi connectivity index (χ3v) is 5.15. The summed E-state index contributed by atoms with van der Waals surface area (Å²) in [5.74, 6) is 1.98. The molecule has 6 nitrogen and oxygen atoms in total. The van der Waals surface area contributed by atoms with E-state index < -0.39 is 0 Å². The second kappa shape index (κ2) is 9.62. The second-order valence-corrected chi connectivity index (χ2v) is 7.94. The highest BCUT2D eigenvalue weighted by atomic mass is 16.5. The molecular formula is C25H28N4O2. The molecule has 160 valence electrons. The Labute approximate surface area is 183 Å². The van der Waals surface area contributed by atoms with Crippen molar-refractivity contribution >= 4 is 11.7 Å². The smallest absolute Gasteiger partial charge is 0.239 e. The molecule has 1 saturated carbocycles. The minimum atomic E-state index is -0.0622. The van der Waals surface area contributed by atoms with Crippen molar-refractivity contribution in [3.8, 4) is 11.4 Å². The van der Waals surface area contributed by atoms with E-state index in [2.05, 4.69) is 11.9 Å². The molecule has 2 aromatic carbocycles. The molecule has 1 fully saturated rings. The largest absolute Gasteiger partial charge is 0.490 e. The van der Waals surface area contributed by atoms with E-state index in [0.29, 0.717) is 19.1 Å². The Morgan fingerprint density at radius 1 is 1.23 bits per heavy atom. The average Bonchev–Trinajstić information content (AvgIpc) is 3.54. The first-order valence-electron chi connectivity index (χ1n) is 10.6. The molecule has 0 atom stereocenters. The molecule has 0 unspecified atom stereocenters. The molecule has 0 radical (unpaired) electrons. The lowest BCUT2D eigenvalue weighted by Gasteiger charge is -2.17. The number of nitrogens with one attached hydrogen (secondary N) is 1. The molecular weight excluding hydrogens is 388 g/mol. The molecule has 31 heavy (non-hydrogen) atoms. The van der Waals surface area contributed by atoms with Crippen LogP contribution in [0.4, 0.5) is 5.82 Å². The molecule has 0 aliphatic heterocycles. The minimum absolute atomic E-state index is 0.0622. The maximum absolute atomic E-state index is 12.7. The fourth-order valence-corrected chi connectivity index (χ4v) is 3.47. The van der Waals surface area contributed by atoms with Crippen LogP contribution in [-0.4, -0.2) is 40.8 Å². The Morgan fingerprint density at radius 3 is 2.65 bits per heavy atom. The van der Waals surface area contributed by atoms with Gasteiger partial charge in [-0.05, 0) is 49.7 Å². The lowest BCUT2D eigenvalue weighted by Crippen LogP contribution is -2.30. The number of carbonyl (C=O) groups is 1. The van der Waals surface area contributed by atoms with Gasteiger partial charge in [0.2, 0.25) is 5.91 Å².